The number of imidazole rings is 1. The molecule has 0 unspecified atom stereocenters. The van der Waals surface area contributed by atoms with E-state index in [9.17, 15) is 9.59 Å². The molecule has 0 fully saturated rings. The van der Waals surface area contributed by atoms with Gasteiger partial charge in [-0.25, -0.2) is 19.7 Å². The van der Waals surface area contributed by atoms with Crippen molar-refractivity contribution >= 4 is 28.9 Å². The first-order chi connectivity index (χ1) is 13.5. The third-order valence-corrected chi connectivity index (χ3v) is 3.61. The fraction of sp³-hybridized carbons (Fsp3) is 0. The number of carbonyl (C=O) groups is 2. The summed E-state index contributed by atoms with van der Waals surface area (Å²) in [6.45, 7) is 0. The minimum absolute atomic E-state index is 0.0741. The van der Waals surface area contributed by atoms with Gasteiger partial charge in [-0.2, -0.15) is 0 Å². The van der Waals surface area contributed by atoms with Gasteiger partial charge in [-0.05, 0) is 36.4 Å². The van der Waals surface area contributed by atoms with Crippen LogP contribution >= 0.6 is 0 Å². The van der Waals surface area contributed by atoms with E-state index in [-0.39, 0.29) is 17.2 Å². The van der Waals surface area contributed by atoms with Crippen LogP contribution in [0.25, 0.3) is 11.2 Å². The van der Waals surface area contributed by atoms with Crippen LogP contribution in [-0.4, -0.2) is 42.0 Å². The second-order valence-corrected chi connectivity index (χ2v) is 5.50. The summed E-state index contributed by atoms with van der Waals surface area (Å²) in [5, 5.41) is 19.9. The Kier molecular flexibility index (Phi) is 5.56. The Labute approximate surface area is 158 Å². The number of aromatic hydroxyl groups is 1. The van der Waals surface area contributed by atoms with Crippen LogP contribution in [-0.2, 0) is 0 Å². The molecule has 2 heterocycles. The summed E-state index contributed by atoms with van der Waals surface area (Å²) in [6, 6.07) is 14.3. The highest BCUT2D eigenvalue weighted by molar-refractivity contribution is 6.06. The number of aromatic amines is 1. The molecule has 28 heavy (non-hydrogen) atoms. The van der Waals surface area contributed by atoms with Gasteiger partial charge in [-0.15, -0.1) is 0 Å². The molecule has 0 spiro atoms. The number of phenols is 1. The Hall–Kier alpha value is -4.27. The Bertz CT molecular complexity index is 1090. The number of carboxylic acid groups (broad SMARTS) is 1. The van der Waals surface area contributed by atoms with Crippen molar-refractivity contribution in [1.82, 2.24) is 19.9 Å². The summed E-state index contributed by atoms with van der Waals surface area (Å²) in [5.41, 5.74) is 1.89. The molecule has 9 nitrogen and oxygen atoms in total. The Morgan fingerprint density at radius 1 is 0.893 bits per heavy atom. The zero-order valence-corrected chi connectivity index (χ0v) is 14.4. The lowest BCUT2D eigenvalue weighted by Gasteiger charge is -2.04. The Morgan fingerprint density at radius 3 is 2.29 bits per heavy atom. The summed E-state index contributed by atoms with van der Waals surface area (Å²) in [5.74, 6) is -0.707. The summed E-state index contributed by atoms with van der Waals surface area (Å²) >= 11 is 0. The van der Waals surface area contributed by atoms with Crippen LogP contribution in [0, 0.1) is 0 Å². The third kappa shape index (κ3) is 4.47. The highest BCUT2D eigenvalue weighted by Crippen LogP contribution is 2.15. The van der Waals surface area contributed by atoms with Crippen molar-refractivity contribution in [3.05, 3.63) is 78.4 Å². The Balaban J connectivity index is 0.000000192. The molecule has 140 valence electrons. The van der Waals surface area contributed by atoms with Gasteiger partial charge in [0.05, 0.1) is 11.9 Å². The molecule has 0 atom stereocenters. The van der Waals surface area contributed by atoms with Crippen molar-refractivity contribution in [3.63, 3.8) is 0 Å². The molecule has 0 radical (unpaired) electrons. The number of fused-ring (bicyclic) bond motifs is 1. The summed E-state index contributed by atoms with van der Waals surface area (Å²) in [6.07, 6.45) is 2.88. The van der Waals surface area contributed by atoms with Crippen LogP contribution in [0.1, 0.15) is 20.7 Å². The van der Waals surface area contributed by atoms with Gasteiger partial charge < -0.3 is 20.5 Å². The van der Waals surface area contributed by atoms with E-state index in [2.05, 4.69) is 25.3 Å². The topological polar surface area (TPSA) is 141 Å². The fourth-order valence-electron chi connectivity index (χ4n) is 2.23. The van der Waals surface area contributed by atoms with Crippen LogP contribution < -0.4 is 5.32 Å². The zero-order chi connectivity index (χ0) is 19.9. The van der Waals surface area contributed by atoms with Crippen LogP contribution in [0.2, 0.25) is 0 Å². The molecule has 0 aliphatic rings. The number of H-pyrrole nitrogens is 1. The lowest BCUT2D eigenvalue weighted by atomic mass is 10.2. The molecule has 0 saturated carbocycles. The number of benzene rings is 2. The number of amides is 1. The molecule has 1 amide bonds. The number of phenolic OH excluding ortho intramolecular Hbond substituents is 1. The van der Waals surface area contributed by atoms with Crippen molar-refractivity contribution in [3.8, 4) is 5.75 Å². The minimum atomic E-state index is -0.986. The van der Waals surface area contributed by atoms with E-state index in [1.807, 2.05) is 6.07 Å². The first kappa shape index (κ1) is 18.5. The second kappa shape index (κ2) is 8.41. The monoisotopic (exact) mass is 377 g/mol. The second-order valence-electron chi connectivity index (χ2n) is 5.50. The van der Waals surface area contributed by atoms with Gasteiger partial charge in [0, 0.05) is 5.56 Å². The largest absolute Gasteiger partial charge is 0.508 e. The molecule has 0 bridgehead atoms. The SMILES string of the molecule is O=C(Nc1ncnc2nc[nH]c12)c1ccccc1.O=C(O)c1ccc(O)cc1. The standard InChI is InChI=1S/C12H9N5O.C7H6O3/c18-12(8-4-2-1-3-5-8)17-11-9-10(14-6-13-9)15-7-16-11;8-6-3-1-5(2-4-6)7(9)10/h1-7H,(H2,13,14,15,16,17,18);1-4,8H,(H,9,10). The quantitative estimate of drug-likeness (QED) is 0.430. The molecule has 9 heteroatoms. The highest BCUT2D eigenvalue weighted by Gasteiger charge is 2.10. The number of anilines is 1. The number of carboxylic acids is 1. The number of nitrogens with one attached hydrogen (secondary N) is 2. The number of aromatic carboxylic acids is 1. The average Bonchev–Trinajstić information content (AvgIpc) is 3.19. The minimum Gasteiger partial charge on any atom is -0.508 e. The van der Waals surface area contributed by atoms with Crippen molar-refractivity contribution in [2.75, 3.05) is 5.32 Å². The van der Waals surface area contributed by atoms with E-state index in [0.29, 0.717) is 22.5 Å². The molecule has 0 aliphatic carbocycles. The summed E-state index contributed by atoms with van der Waals surface area (Å²) in [7, 11) is 0. The number of carbonyl (C=O) groups excluding carboxylic acids is 1. The van der Waals surface area contributed by atoms with Crippen molar-refractivity contribution in [2.45, 2.75) is 0 Å². The summed E-state index contributed by atoms with van der Waals surface area (Å²) < 4.78 is 0. The van der Waals surface area contributed by atoms with Gasteiger partial charge in [-0.3, -0.25) is 4.79 Å². The van der Waals surface area contributed by atoms with Gasteiger partial charge in [0.2, 0.25) is 0 Å². The predicted octanol–water partition coefficient (Wildman–Crippen LogP) is 2.70. The fourth-order valence-corrected chi connectivity index (χ4v) is 2.23. The molecule has 0 saturated heterocycles. The smallest absolute Gasteiger partial charge is 0.335 e. The molecule has 0 aliphatic heterocycles. The van der Waals surface area contributed by atoms with Gasteiger partial charge in [-0.1, -0.05) is 18.2 Å². The van der Waals surface area contributed by atoms with Gasteiger partial charge in [0.1, 0.15) is 17.6 Å². The number of hydrogen-bond acceptors (Lipinski definition) is 6. The first-order valence-corrected chi connectivity index (χ1v) is 8.07. The molecule has 4 rings (SSSR count). The van der Waals surface area contributed by atoms with E-state index in [1.165, 1.54) is 36.9 Å². The molecule has 2 aromatic carbocycles. The lowest BCUT2D eigenvalue weighted by molar-refractivity contribution is 0.0696. The number of nitrogens with zero attached hydrogens (tertiary/aromatic N) is 3. The molecule has 2 aromatic heterocycles. The van der Waals surface area contributed by atoms with Crippen LogP contribution in [0.5, 0.6) is 5.75 Å². The third-order valence-electron chi connectivity index (χ3n) is 3.61. The van der Waals surface area contributed by atoms with Crippen molar-refractivity contribution < 1.29 is 19.8 Å². The van der Waals surface area contributed by atoms with Crippen molar-refractivity contribution in [2.24, 2.45) is 0 Å². The first-order valence-electron chi connectivity index (χ1n) is 8.07. The molecular weight excluding hydrogens is 362 g/mol. The number of aromatic nitrogens is 4. The van der Waals surface area contributed by atoms with Crippen LogP contribution in [0.3, 0.4) is 0 Å². The lowest BCUT2D eigenvalue weighted by Crippen LogP contribution is -2.13. The van der Waals surface area contributed by atoms with E-state index in [1.54, 1.807) is 24.3 Å². The molecule has 4 aromatic rings. The van der Waals surface area contributed by atoms with E-state index in [0.717, 1.165) is 0 Å². The van der Waals surface area contributed by atoms with Gasteiger partial charge in [0.25, 0.3) is 5.91 Å². The number of rotatable bonds is 3. The van der Waals surface area contributed by atoms with Gasteiger partial charge >= 0.3 is 5.97 Å². The van der Waals surface area contributed by atoms with E-state index in [4.69, 9.17) is 10.2 Å². The maximum Gasteiger partial charge on any atom is 0.335 e. The van der Waals surface area contributed by atoms with Crippen molar-refractivity contribution in [1.29, 1.82) is 0 Å². The van der Waals surface area contributed by atoms with Crippen LogP contribution in [0.4, 0.5) is 5.82 Å². The normalized spacial score (nSPS) is 10.0. The average molecular weight is 377 g/mol. The van der Waals surface area contributed by atoms with Gasteiger partial charge in [0.15, 0.2) is 11.5 Å². The Morgan fingerprint density at radius 2 is 1.61 bits per heavy atom. The van der Waals surface area contributed by atoms with E-state index < -0.39 is 5.97 Å². The molecule has 4 N–H and O–H groups in total. The predicted molar refractivity (Wildman–Crippen MR) is 101 cm³/mol. The highest BCUT2D eigenvalue weighted by atomic mass is 16.4. The number of hydrogen-bond donors (Lipinski definition) is 4. The molecular formula is C19H15N5O4. The maximum atomic E-state index is 12.0. The zero-order valence-electron chi connectivity index (χ0n) is 14.4. The van der Waals surface area contributed by atoms with E-state index >= 15 is 0 Å². The summed E-state index contributed by atoms with van der Waals surface area (Å²) in [4.78, 5) is 37.1. The maximum absolute atomic E-state index is 12.0. The van der Waals surface area contributed by atoms with Crippen LogP contribution in [0.15, 0.2) is 67.3 Å².